The molecule has 1 aliphatic rings. The molecule has 1 fully saturated rings. The van der Waals surface area contributed by atoms with Crippen molar-refractivity contribution in [3.05, 3.63) is 36.7 Å². The van der Waals surface area contributed by atoms with Gasteiger partial charge in [0.1, 0.15) is 6.26 Å². The van der Waals surface area contributed by atoms with Crippen molar-refractivity contribution >= 4 is 15.8 Å². The molecule has 0 spiro atoms. The predicted octanol–water partition coefficient (Wildman–Crippen LogP) is 2.29. The molecule has 0 amide bonds. The highest BCUT2D eigenvalue weighted by Crippen LogP contribution is 2.25. The molecular formula is C15H18N2O4S. The number of piperidine rings is 1. The zero-order chi connectivity index (χ0) is 15.6. The summed E-state index contributed by atoms with van der Waals surface area (Å²) in [4.78, 5) is 6.25. The first-order valence-corrected chi connectivity index (χ1v) is 8.96. The van der Waals surface area contributed by atoms with E-state index in [-0.39, 0.29) is 6.10 Å². The van der Waals surface area contributed by atoms with Gasteiger partial charge in [-0.05, 0) is 37.1 Å². The quantitative estimate of drug-likeness (QED) is 0.804. The third kappa shape index (κ3) is 3.66. The second kappa shape index (κ2) is 6.10. The van der Waals surface area contributed by atoms with Crippen LogP contribution in [0.15, 0.2) is 41.1 Å². The van der Waals surface area contributed by atoms with E-state index in [1.54, 1.807) is 12.5 Å². The number of hydrogen-bond acceptors (Lipinski definition) is 6. The fourth-order valence-corrected chi connectivity index (χ4v) is 3.33. The van der Waals surface area contributed by atoms with Crippen molar-refractivity contribution in [1.29, 1.82) is 0 Å². The summed E-state index contributed by atoms with van der Waals surface area (Å²) in [6.45, 7) is 1.47. The third-order valence-corrected chi connectivity index (χ3v) is 4.22. The van der Waals surface area contributed by atoms with Crippen LogP contribution in [-0.4, -0.2) is 38.9 Å². The zero-order valence-electron chi connectivity index (χ0n) is 12.3. The van der Waals surface area contributed by atoms with E-state index in [2.05, 4.69) is 9.88 Å². The molecule has 2 heterocycles. The summed E-state index contributed by atoms with van der Waals surface area (Å²) in [5.41, 5.74) is 1.95. The second-order valence-corrected chi connectivity index (χ2v) is 7.00. The van der Waals surface area contributed by atoms with E-state index in [4.69, 9.17) is 8.60 Å². The Morgan fingerprint density at radius 1 is 1.32 bits per heavy atom. The molecule has 2 aromatic rings. The number of hydrogen-bond donors (Lipinski definition) is 0. The molecule has 1 atom stereocenters. The fourth-order valence-electron chi connectivity index (χ4n) is 2.68. The number of nitrogens with zero attached hydrogens (tertiary/aromatic N) is 2. The molecule has 0 radical (unpaired) electrons. The standard InChI is InChI=1S/C15H18N2O4S/c1-22(18,19)21-14-3-2-9-17(11-14)13-6-4-12(5-7-13)15-16-8-10-20-15/h4-8,10,14H,2-3,9,11H2,1H3. The topological polar surface area (TPSA) is 72.6 Å². The molecule has 22 heavy (non-hydrogen) atoms. The van der Waals surface area contributed by atoms with E-state index in [1.807, 2.05) is 24.3 Å². The van der Waals surface area contributed by atoms with Gasteiger partial charge in [0.15, 0.2) is 0 Å². The van der Waals surface area contributed by atoms with Crippen molar-refractivity contribution < 1.29 is 17.0 Å². The molecule has 3 rings (SSSR count). The van der Waals surface area contributed by atoms with Gasteiger partial charge in [0, 0.05) is 24.3 Å². The van der Waals surface area contributed by atoms with Gasteiger partial charge in [-0.15, -0.1) is 0 Å². The van der Waals surface area contributed by atoms with E-state index in [0.717, 1.165) is 36.9 Å². The summed E-state index contributed by atoms with van der Waals surface area (Å²) in [5.74, 6) is 0.587. The summed E-state index contributed by atoms with van der Waals surface area (Å²) in [7, 11) is -3.41. The van der Waals surface area contributed by atoms with Crippen molar-refractivity contribution in [1.82, 2.24) is 4.98 Å². The molecule has 1 saturated heterocycles. The van der Waals surface area contributed by atoms with Gasteiger partial charge in [-0.3, -0.25) is 4.18 Å². The van der Waals surface area contributed by atoms with Crippen molar-refractivity contribution in [3.63, 3.8) is 0 Å². The van der Waals surface area contributed by atoms with Crippen LogP contribution in [0.2, 0.25) is 0 Å². The van der Waals surface area contributed by atoms with Gasteiger partial charge >= 0.3 is 0 Å². The molecule has 0 saturated carbocycles. The molecule has 118 valence electrons. The molecule has 1 aromatic heterocycles. The van der Waals surface area contributed by atoms with Crippen LogP contribution in [0.3, 0.4) is 0 Å². The Morgan fingerprint density at radius 3 is 2.73 bits per heavy atom. The van der Waals surface area contributed by atoms with Crippen LogP contribution in [0.1, 0.15) is 12.8 Å². The Morgan fingerprint density at radius 2 is 2.09 bits per heavy atom. The van der Waals surface area contributed by atoms with Crippen molar-refractivity contribution in [3.8, 4) is 11.5 Å². The highest BCUT2D eigenvalue weighted by Gasteiger charge is 2.24. The average Bonchev–Trinajstić information content (AvgIpc) is 3.00. The Hall–Kier alpha value is -1.86. The summed E-state index contributed by atoms with van der Waals surface area (Å²) in [6, 6.07) is 7.87. The summed E-state index contributed by atoms with van der Waals surface area (Å²) >= 11 is 0. The maximum atomic E-state index is 11.3. The molecule has 1 aliphatic heterocycles. The lowest BCUT2D eigenvalue weighted by Crippen LogP contribution is -2.40. The first kappa shape index (κ1) is 15.1. The van der Waals surface area contributed by atoms with Gasteiger partial charge in [-0.25, -0.2) is 4.98 Å². The minimum Gasteiger partial charge on any atom is -0.445 e. The summed E-state index contributed by atoms with van der Waals surface area (Å²) < 4.78 is 32.9. The summed E-state index contributed by atoms with van der Waals surface area (Å²) in [5, 5.41) is 0. The molecule has 1 aromatic carbocycles. The Bertz CT molecular complexity index is 711. The largest absolute Gasteiger partial charge is 0.445 e. The first-order chi connectivity index (χ1) is 10.5. The number of oxazole rings is 1. The highest BCUT2D eigenvalue weighted by molar-refractivity contribution is 7.86. The summed E-state index contributed by atoms with van der Waals surface area (Å²) in [6.07, 6.45) is 5.63. The van der Waals surface area contributed by atoms with Crippen LogP contribution in [0.25, 0.3) is 11.5 Å². The number of benzene rings is 1. The van der Waals surface area contributed by atoms with Gasteiger partial charge < -0.3 is 9.32 Å². The first-order valence-electron chi connectivity index (χ1n) is 7.14. The Balaban J connectivity index is 1.71. The monoisotopic (exact) mass is 322 g/mol. The van der Waals surface area contributed by atoms with Crippen molar-refractivity contribution in [2.45, 2.75) is 18.9 Å². The smallest absolute Gasteiger partial charge is 0.264 e. The third-order valence-electron chi connectivity index (χ3n) is 3.60. The number of rotatable bonds is 4. The van der Waals surface area contributed by atoms with Gasteiger partial charge in [-0.2, -0.15) is 8.42 Å². The van der Waals surface area contributed by atoms with Gasteiger partial charge in [-0.1, -0.05) is 0 Å². The number of aromatic nitrogens is 1. The minimum absolute atomic E-state index is 0.282. The van der Waals surface area contributed by atoms with Crippen molar-refractivity contribution in [2.75, 3.05) is 24.2 Å². The fraction of sp³-hybridized carbons (Fsp3) is 0.400. The molecule has 1 unspecified atom stereocenters. The molecule has 0 N–H and O–H groups in total. The van der Waals surface area contributed by atoms with Gasteiger partial charge in [0.05, 0.1) is 18.6 Å². The van der Waals surface area contributed by atoms with Crippen LogP contribution in [0.4, 0.5) is 5.69 Å². The highest BCUT2D eigenvalue weighted by atomic mass is 32.2. The average molecular weight is 322 g/mol. The van der Waals surface area contributed by atoms with Crippen LogP contribution in [-0.2, 0) is 14.3 Å². The van der Waals surface area contributed by atoms with Crippen LogP contribution >= 0.6 is 0 Å². The number of anilines is 1. The predicted molar refractivity (Wildman–Crippen MR) is 83.1 cm³/mol. The zero-order valence-corrected chi connectivity index (χ0v) is 13.1. The van der Waals surface area contributed by atoms with E-state index in [0.29, 0.717) is 12.4 Å². The molecule has 6 nitrogen and oxygen atoms in total. The lowest BCUT2D eigenvalue weighted by atomic mass is 10.1. The lowest BCUT2D eigenvalue weighted by molar-refractivity contribution is 0.188. The van der Waals surface area contributed by atoms with Crippen LogP contribution in [0.5, 0.6) is 0 Å². The van der Waals surface area contributed by atoms with Gasteiger partial charge in [0.25, 0.3) is 10.1 Å². The van der Waals surface area contributed by atoms with E-state index >= 15 is 0 Å². The van der Waals surface area contributed by atoms with Crippen LogP contribution in [0, 0.1) is 0 Å². The SMILES string of the molecule is CS(=O)(=O)OC1CCCN(c2ccc(-c3ncco3)cc2)C1. The van der Waals surface area contributed by atoms with E-state index in [1.165, 1.54) is 0 Å². The molecule has 7 heteroatoms. The molecule has 0 aliphatic carbocycles. The van der Waals surface area contributed by atoms with Crippen LogP contribution < -0.4 is 4.90 Å². The molecular weight excluding hydrogens is 304 g/mol. The molecule has 0 bridgehead atoms. The van der Waals surface area contributed by atoms with Gasteiger partial charge in [0.2, 0.25) is 5.89 Å². The lowest BCUT2D eigenvalue weighted by Gasteiger charge is -2.33. The van der Waals surface area contributed by atoms with Crippen molar-refractivity contribution in [2.24, 2.45) is 0 Å². The normalized spacial score (nSPS) is 19.3. The minimum atomic E-state index is -3.41. The Labute approximate surface area is 129 Å². The maximum Gasteiger partial charge on any atom is 0.264 e. The maximum absolute atomic E-state index is 11.3. The van der Waals surface area contributed by atoms with E-state index < -0.39 is 10.1 Å². The Kier molecular flexibility index (Phi) is 4.17. The van der Waals surface area contributed by atoms with E-state index in [9.17, 15) is 8.42 Å². The second-order valence-electron chi connectivity index (χ2n) is 5.39.